The number of alkyl carbamates (subject to hydrolysis) is 1. The van der Waals surface area contributed by atoms with Crippen LogP contribution in [0.3, 0.4) is 0 Å². The normalized spacial score (nSPS) is 19.1. The van der Waals surface area contributed by atoms with E-state index in [1.54, 1.807) is 6.08 Å². The van der Waals surface area contributed by atoms with Crippen LogP contribution >= 0.6 is 0 Å². The van der Waals surface area contributed by atoms with Crippen LogP contribution in [0, 0.1) is 0 Å². The number of carbonyl (C=O) groups is 2. The molecule has 3 rings (SSSR count). The van der Waals surface area contributed by atoms with E-state index >= 15 is 0 Å². The molecule has 1 aromatic heterocycles. The Morgan fingerprint density at radius 2 is 2.00 bits per heavy atom. The lowest BCUT2D eigenvalue weighted by atomic mass is 10.0. The number of nitrogens with one attached hydrogen (secondary N) is 1. The molecule has 172 valence electrons. The first kappa shape index (κ1) is 23.7. The molecule has 8 heteroatoms. The summed E-state index contributed by atoms with van der Waals surface area (Å²) in [4.78, 5) is 28.8. The average molecular weight is 443 g/mol. The van der Waals surface area contributed by atoms with E-state index in [0.29, 0.717) is 26.2 Å². The Bertz CT molecular complexity index is 990. The smallest absolute Gasteiger partial charge is 0.407 e. The van der Waals surface area contributed by atoms with E-state index in [-0.39, 0.29) is 6.61 Å². The van der Waals surface area contributed by atoms with Crippen molar-refractivity contribution in [1.82, 2.24) is 10.3 Å². The van der Waals surface area contributed by atoms with E-state index < -0.39 is 23.3 Å². The fourth-order valence-corrected chi connectivity index (χ4v) is 3.26. The first-order valence-corrected chi connectivity index (χ1v) is 10.6. The first-order valence-electron chi connectivity index (χ1n) is 10.6. The largest absolute Gasteiger partial charge is 0.467 e. The van der Waals surface area contributed by atoms with Crippen molar-refractivity contribution in [3.63, 3.8) is 0 Å². The summed E-state index contributed by atoms with van der Waals surface area (Å²) in [7, 11) is 1.33. The molecule has 1 amide bonds. The molecule has 0 aliphatic carbocycles. The maximum Gasteiger partial charge on any atom is 0.407 e. The van der Waals surface area contributed by atoms with E-state index in [1.807, 2.05) is 57.2 Å². The Hall–Kier alpha value is -2.97. The standard InChI is InChI=1S/C24H30N2O6/c1-23(2,3)32-22(28)25-12-10-19-8-7-18-6-5-17(15-20(18)26-19)9-11-24(21(27)29-4)16-30-13-14-31-24/h5-9,11,15H,10,12-14,16H2,1-4H3,(H,25,28). The SMILES string of the molecule is COC(=O)C1(C=Cc2ccc3ccc(CCNC(=O)OC(C)(C)C)nc3c2)COCCO1. The van der Waals surface area contributed by atoms with E-state index in [4.69, 9.17) is 23.9 Å². The molecule has 0 saturated carbocycles. The van der Waals surface area contributed by atoms with Crippen molar-refractivity contribution in [2.75, 3.05) is 33.5 Å². The number of fused-ring (bicyclic) bond motifs is 1. The summed E-state index contributed by atoms with van der Waals surface area (Å²) in [5.74, 6) is -0.493. The van der Waals surface area contributed by atoms with Crippen molar-refractivity contribution < 1.29 is 28.5 Å². The van der Waals surface area contributed by atoms with Crippen LogP contribution in [0.25, 0.3) is 17.0 Å². The summed E-state index contributed by atoms with van der Waals surface area (Å²) >= 11 is 0. The van der Waals surface area contributed by atoms with E-state index in [9.17, 15) is 9.59 Å². The molecule has 32 heavy (non-hydrogen) atoms. The molecule has 1 fully saturated rings. The number of hydrogen-bond acceptors (Lipinski definition) is 7. The predicted molar refractivity (Wildman–Crippen MR) is 120 cm³/mol. The minimum atomic E-state index is -1.25. The lowest BCUT2D eigenvalue weighted by molar-refractivity contribution is -0.184. The molecule has 0 bridgehead atoms. The molecule has 0 spiro atoms. The van der Waals surface area contributed by atoms with Crippen LogP contribution in [0.5, 0.6) is 0 Å². The van der Waals surface area contributed by atoms with Crippen LogP contribution in [0.15, 0.2) is 36.4 Å². The maximum absolute atomic E-state index is 12.3. The fourth-order valence-electron chi connectivity index (χ4n) is 3.26. The Kier molecular flexibility index (Phi) is 7.48. The molecule has 8 nitrogen and oxygen atoms in total. The molecule has 2 heterocycles. The second kappa shape index (κ2) is 10.1. The number of methoxy groups -OCH3 is 1. The Labute approximate surface area is 187 Å². The molecular weight excluding hydrogens is 412 g/mol. The molecule has 1 unspecified atom stereocenters. The predicted octanol–water partition coefficient (Wildman–Crippen LogP) is 3.27. The summed E-state index contributed by atoms with van der Waals surface area (Å²) in [6.45, 7) is 6.76. The minimum absolute atomic E-state index is 0.108. The summed E-state index contributed by atoms with van der Waals surface area (Å²) in [5, 5.41) is 3.73. The Morgan fingerprint density at radius 1 is 1.22 bits per heavy atom. The van der Waals surface area contributed by atoms with Gasteiger partial charge in [0.05, 0.1) is 32.4 Å². The lowest BCUT2D eigenvalue weighted by Gasteiger charge is -2.31. The number of nitrogens with zero attached hydrogens (tertiary/aromatic N) is 1. The summed E-state index contributed by atoms with van der Waals surface area (Å²) in [5.41, 5.74) is 0.757. The number of ether oxygens (including phenoxy) is 4. The monoisotopic (exact) mass is 442 g/mol. The van der Waals surface area contributed by atoms with E-state index in [0.717, 1.165) is 22.2 Å². The van der Waals surface area contributed by atoms with Crippen LogP contribution in [0.2, 0.25) is 0 Å². The molecule has 1 aromatic carbocycles. The van der Waals surface area contributed by atoms with Crippen LogP contribution in [-0.2, 0) is 30.2 Å². The van der Waals surface area contributed by atoms with Crippen LogP contribution in [0.4, 0.5) is 4.79 Å². The van der Waals surface area contributed by atoms with E-state index in [2.05, 4.69) is 5.32 Å². The summed E-state index contributed by atoms with van der Waals surface area (Å²) < 4.78 is 21.3. The topological polar surface area (TPSA) is 96.0 Å². The zero-order chi connectivity index (χ0) is 23.2. The van der Waals surface area contributed by atoms with Crippen molar-refractivity contribution in [3.05, 3.63) is 47.7 Å². The van der Waals surface area contributed by atoms with Gasteiger partial charge in [-0.1, -0.05) is 24.3 Å². The molecule has 0 radical (unpaired) electrons. The molecule has 2 aromatic rings. The van der Waals surface area contributed by atoms with Gasteiger partial charge < -0.3 is 24.3 Å². The summed E-state index contributed by atoms with van der Waals surface area (Å²) in [6, 6.07) is 9.78. The van der Waals surface area contributed by atoms with Gasteiger partial charge in [-0.2, -0.15) is 0 Å². The molecule has 1 aliphatic heterocycles. The van der Waals surface area contributed by atoms with Gasteiger partial charge in [0.1, 0.15) is 5.60 Å². The van der Waals surface area contributed by atoms with Crippen molar-refractivity contribution in [2.24, 2.45) is 0 Å². The van der Waals surface area contributed by atoms with Crippen molar-refractivity contribution in [2.45, 2.75) is 38.4 Å². The third kappa shape index (κ3) is 6.27. The third-order valence-electron chi connectivity index (χ3n) is 4.80. The van der Waals surface area contributed by atoms with Crippen molar-refractivity contribution in [3.8, 4) is 0 Å². The molecule has 1 N–H and O–H groups in total. The number of pyridine rings is 1. The lowest BCUT2D eigenvalue weighted by Crippen LogP contribution is -2.49. The highest BCUT2D eigenvalue weighted by molar-refractivity contribution is 5.85. The van der Waals surface area contributed by atoms with Gasteiger partial charge in [-0.25, -0.2) is 9.59 Å². The van der Waals surface area contributed by atoms with Gasteiger partial charge in [-0.05, 0) is 44.5 Å². The van der Waals surface area contributed by atoms with Gasteiger partial charge in [0, 0.05) is 24.0 Å². The number of amides is 1. The fraction of sp³-hybridized carbons (Fsp3) is 0.458. The van der Waals surface area contributed by atoms with E-state index in [1.165, 1.54) is 7.11 Å². The summed E-state index contributed by atoms with van der Waals surface area (Å²) in [6.07, 6.45) is 3.61. The molecule has 1 aliphatic rings. The van der Waals surface area contributed by atoms with Crippen molar-refractivity contribution in [1.29, 1.82) is 0 Å². The maximum atomic E-state index is 12.3. The van der Waals surface area contributed by atoms with Gasteiger partial charge in [0.15, 0.2) is 0 Å². The zero-order valence-corrected chi connectivity index (χ0v) is 19.0. The average Bonchev–Trinajstić information content (AvgIpc) is 2.76. The highest BCUT2D eigenvalue weighted by Gasteiger charge is 2.40. The quantitative estimate of drug-likeness (QED) is 0.686. The zero-order valence-electron chi connectivity index (χ0n) is 19.0. The van der Waals surface area contributed by atoms with Crippen molar-refractivity contribution >= 4 is 29.0 Å². The van der Waals surface area contributed by atoms with Gasteiger partial charge in [-0.15, -0.1) is 0 Å². The number of carbonyl (C=O) groups excluding carboxylic acids is 2. The number of hydrogen-bond donors (Lipinski definition) is 1. The van der Waals surface area contributed by atoms with Gasteiger partial charge in [0.2, 0.25) is 5.60 Å². The number of rotatable bonds is 6. The second-order valence-corrected chi connectivity index (χ2v) is 8.55. The molecule has 1 atom stereocenters. The molecule has 1 saturated heterocycles. The van der Waals surface area contributed by atoms with Crippen LogP contribution < -0.4 is 5.32 Å². The van der Waals surface area contributed by atoms with Gasteiger partial charge >= 0.3 is 12.1 Å². The first-order chi connectivity index (χ1) is 15.2. The third-order valence-corrected chi connectivity index (χ3v) is 4.80. The number of aromatic nitrogens is 1. The number of benzene rings is 1. The minimum Gasteiger partial charge on any atom is -0.467 e. The van der Waals surface area contributed by atoms with Crippen LogP contribution in [0.1, 0.15) is 32.0 Å². The highest BCUT2D eigenvalue weighted by Crippen LogP contribution is 2.23. The second-order valence-electron chi connectivity index (χ2n) is 8.55. The molecular formula is C24H30N2O6. The van der Waals surface area contributed by atoms with Crippen LogP contribution in [-0.4, -0.2) is 61.7 Å². The van der Waals surface area contributed by atoms with Gasteiger partial charge in [0.25, 0.3) is 0 Å². The van der Waals surface area contributed by atoms with Gasteiger partial charge in [-0.3, -0.25) is 4.98 Å². The Morgan fingerprint density at radius 3 is 2.69 bits per heavy atom. The number of esters is 1. The Balaban J connectivity index is 1.70. The highest BCUT2D eigenvalue weighted by atomic mass is 16.6.